The van der Waals surface area contributed by atoms with Gasteiger partial charge in [0.15, 0.2) is 0 Å². The summed E-state index contributed by atoms with van der Waals surface area (Å²) >= 11 is 0. The highest BCUT2D eigenvalue weighted by atomic mass is 16.5. The fourth-order valence-corrected chi connectivity index (χ4v) is 7.57. The molecule has 0 saturated carbocycles. The van der Waals surface area contributed by atoms with Crippen molar-refractivity contribution >= 4 is 49.7 Å². The Labute approximate surface area is 259 Å². The molecule has 4 heterocycles. The van der Waals surface area contributed by atoms with Crippen LogP contribution in [-0.2, 0) is 5.41 Å². The van der Waals surface area contributed by atoms with Gasteiger partial charge in [0.1, 0.15) is 11.5 Å². The quantitative estimate of drug-likeness (QED) is 0.204. The number of rotatable bonds is 2. The summed E-state index contributed by atoms with van der Waals surface area (Å²) in [5.74, 6) is 2.75. The predicted octanol–water partition coefficient (Wildman–Crippen LogP) is 9.96. The second-order valence-corrected chi connectivity index (χ2v) is 12.5. The van der Waals surface area contributed by atoms with Crippen molar-refractivity contribution < 1.29 is 4.74 Å². The number of fused-ring (bicyclic) bond motifs is 10. The Morgan fingerprint density at radius 1 is 0.511 bits per heavy atom. The second kappa shape index (κ2) is 8.64. The molecule has 9 aromatic rings. The first kappa shape index (κ1) is 24.6. The van der Waals surface area contributed by atoms with Crippen LogP contribution in [0.4, 0.5) is 0 Å². The molecule has 1 aliphatic rings. The summed E-state index contributed by atoms with van der Waals surface area (Å²) in [5, 5.41) is 2.40. The first-order chi connectivity index (χ1) is 22.1. The summed E-state index contributed by atoms with van der Waals surface area (Å²) in [6.45, 7) is 4.55. The molecule has 0 spiro atoms. The standard InChI is InChI=1S/C40H28N4O/c1-40(2)29-12-4-10-18-37(29)45-38-24-26(19-21-30(38)40)42-32-14-6-3-11-27(32)28-23-25(20-22-33(28)42)43-35-16-8-9-17-36(35)44-34-15-7-5-13-31(34)41-39(43)44/h3-24H,1-2H3. The molecule has 0 saturated heterocycles. The molecular formula is C40H28N4O. The normalized spacial score (nSPS) is 13.9. The average Bonchev–Trinajstić information content (AvgIpc) is 3.71. The molecule has 214 valence electrons. The Morgan fingerprint density at radius 3 is 2.04 bits per heavy atom. The number of ether oxygens (including phenoxy) is 1. The molecule has 0 unspecified atom stereocenters. The van der Waals surface area contributed by atoms with Crippen LogP contribution in [0.25, 0.3) is 61.0 Å². The Hall–Kier alpha value is -5.81. The largest absolute Gasteiger partial charge is 0.457 e. The topological polar surface area (TPSA) is 36.4 Å². The van der Waals surface area contributed by atoms with E-state index in [0.717, 1.165) is 61.8 Å². The molecule has 0 N–H and O–H groups in total. The van der Waals surface area contributed by atoms with Gasteiger partial charge in [-0.15, -0.1) is 0 Å². The molecule has 6 aromatic carbocycles. The fourth-order valence-electron chi connectivity index (χ4n) is 7.57. The lowest BCUT2D eigenvalue weighted by atomic mass is 9.76. The maximum atomic E-state index is 6.52. The zero-order valence-electron chi connectivity index (χ0n) is 24.9. The third-order valence-electron chi connectivity index (χ3n) is 9.70. The number of para-hydroxylation sites is 6. The molecule has 0 radical (unpaired) electrons. The van der Waals surface area contributed by atoms with E-state index in [1.807, 2.05) is 12.1 Å². The molecule has 5 heteroatoms. The van der Waals surface area contributed by atoms with E-state index < -0.39 is 0 Å². The summed E-state index contributed by atoms with van der Waals surface area (Å²) in [7, 11) is 0. The van der Waals surface area contributed by atoms with Gasteiger partial charge in [0.2, 0.25) is 5.78 Å². The molecule has 0 fully saturated rings. The van der Waals surface area contributed by atoms with E-state index in [2.05, 4.69) is 149 Å². The van der Waals surface area contributed by atoms with E-state index in [1.54, 1.807) is 0 Å². The molecule has 5 nitrogen and oxygen atoms in total. The smallest absolute Gasteiger partial charge is 0.220 e. The highest BCUT2D eigenvalue weighted by Crippen LogP contribution is 2.48. The van der Waals surface area contributed by atoms with Gasteiger partial charge in [0.25, 0.3) is 0 Å². The lowest BCUT2D eigenvalue weighted by Gasteiger charge is -2.34. The molecule has 0 aliphatic carbocycles. The highest BCUT2D eigenvalue weighted by molar-refractivity contribution is 6.10. The maximum absolute atomic E-state index is 6.52. The minimum atomic E-state index is -0.152. The Kier molecular flexibility index (Phi) is 4.73. The van der Waals surface area contributed by atoms with Crippen molar-refractivity contribution in [1.29, 1.82) is 0 Å². The summed E-state index contributed by atoms with van der Waals surface area (Å²) in [5.41, 5.74) is 11.1. The molecule has 10 rings (SSSR count). The fraction of sp³-hybridized carbons (Fsp3) is 0.0750. The van der Waals surface area contributed by atoms with E-state index in [9.17, 15) is 0 Å². The third-order valence-corrected chi connectivity index (χ3v) is 9.70. The van der Waals surface area contributed by atoms with Gasteiger partial charge in [0.05, 0.1) is 33.1 Å². The van der Waals surface area contributed by atoms with Gasteiger partial charge in [-0.05, 0) is 60.7 Å². The van der Waals surface area contributed by atoms with E-state index in [-0.39, 0.29) is 5.41 Å². The van der Waals surface area contributed by atoms with Gasteiger partial charge in [-0.3, -0.25) is 8.97 Å². The first-order valence-electron chi connectivity index (χ1n) is 15.4. The van der Waals surface area contributed by atoms with Crippen LogP contribution in [0.2, 0.25) is 0 Å². The predicted molar refractivity (Wildman–Crippen MR) is 183 cm³/mol. The highest BCUT2D eigenvalue weighted by Gasteiger charge is 2.34. The van der Waals surface area contributed by atoms with Crippen LogP contribution >= 0.6 is 0 Å². The molecule has 0 bridgehead atoms. The van der Waals surface area contributed by atoms with E-state index in [0.29, 0.717) is 0 Å². The van der Waals surface area contributed by atoms with Crippen molar-refractivity contribution in [3.8, 4) is 22.9 Å². The minimum absolute atomic E-state index is 0.152. The maximum Gasteiger partial charge on any atom is 0.220 e. The molecular weight excluding hydrogens is 552 g/mol. The molecule has 0 amide bonds. The van der Waals surface area contributed by atoms with E-state index in [4.69, 9.17) is 9.72 Å². The van der Waals surface area contributed by atoms with Gasteiger partial charge >= 0.3 is 0 Å². The summed E-state index contributed by atoms with van der Waals surface area (Å²) < 4.78 is 13.4. The van der Waals surface area contributed by atoms with Crippen LogP contribution in [0.15, 0.2) is 133 Å². The molecule has 0 atom stereocenters. The van der Waals surface area contributed by atoms with Crippen LogP contribution in [0, 0.1) is 0 Å². The van der Waals surface area contributed by atoms with E-state index in [1.165, 1.54) is 21.9 Å². The van der Waals surface area contributed by atoms with Crippen molar-refractivity contribution in [3.63, 3.8) is 0 Å². The summed E-state index contributed by atoms with van der Waals surface area (Å²) in [6, 6.07) is 47.4. The Bertz CT molecular complexity index is 2670. The number of imidazole rings is 2. The average molecular weight is 581 g/mol. The molecule has 3 aromatic heterocycles. The van der Waals surface area contributed by atoms with Crippen LogP contribution in [0.1, 0.15) is 25.0 Å². The zero-order chi connectivity index (χ0) is 29.9. The zero-order valence-corrected chi connectivity index (χ0v) is 24.9. The van der Waals surface area contributed by atoms with Gasteiger partial charge in [-0.25, -0.2) is 4.98 Å². The van der Waals surface area contributed by atoms with Crippen molar-refractivity contribution in [2.24, 2.45) is 0 Å². The number of aromatic nitrogens is 4. The van der Waals surface area contributed by atoms with Crippen LogP contribution in [0.5, 0.6) is 11.5 Å². The van der Waals surface area contributed by atoms with Crippen molar-refractivity contribution in [2.45, 2.75) is 19.3 Å². The molecule has 45 heavy (non-hydrogen) atoms. The summed E-state index contributed by atoms with van der Waals surface area (Å²) in [6.07, 6.45) is 0. The first-order valence-corrected chi connectivity index (χ1v) is 15.4. The van der Waals surface area contributed by atoms with Crippen LogP contribution in [-0.4, -0.2) is 18.5 Å². The molecule has 1 aliphatic heterocycles. The Morgan fingerprint density at radius 2 is 1.16 bits per heavy atom. The van der Waals surface area contributed by atoms with Gasteiger partial charge in [0, 0.05) is 44.8 Å². The second-order valence-electron chi connectivity index (χ2n) is 12.5. The van der Waals surface area contributed by atoms with E-state index >= 15 is 0 Å². The Balaban J connectivity index is 1.21. The van der Waals surface area contributed by atoms with Gasteiger partial charge in [-0.1, -0.05) is 80.6 Å². The monoisotopic (exact) mass is 580 g/mol. The van der Waals surface area contributed by atoms with Gasteiger partial charge in [-0.2, -0.15) is 0 Å². The van der Waals surface area contributed by atoms with Crippen LogP contribution in [0.3, 0.4) is 0 Å². The van der Waals surface area contributed by atoms with Crippen LogP contribution < -0.4 is 4.74 Å². The lowest BCUT2D eigenvalue weighted by Crippen LogP contribution is -2.24. The van der Waals surface area contributed by atoms with Crippen molar-refractivity contribution in [2.75, 3.05) is 0 Å². The third kappa shape index (κ3) is 3.24. The van der Waals surface area contributed by atoms with Crippen molar-refractivity contribution in [3.05, 3.63) is 145 Å². The lowest BCUT2D eigenvalue weighted by molar-refractivity contribution is 0.418. The van der Waals surface area contributed by atoms with Crippen molar-refractivity contribution in [1.82, 2.24) is 18.5 Å². The summed E-state index contributed by atoms with van der Waals surface area (Å²) in [4.78, 5) is 5.10. The number of hydrogen-bond donors (Lipinski definition) is 0. The number of benzene rings is 6. The minimum Gasteiger partial charge on any atom is -0.457 e. The number of nitrogens with zero attached hydrogens (tertiary/aromatic N) is 4. The van der Waals surface area contributed by atoms with Gasteiger partial charge < -0.3 is 9.30 Å². The number of hydrogen-bond acceptors (Lipinski definition) is 2. The SMILES string of the molecule is CC1(C)c2ccccc2Oc2cc(-n3c4ccccc4c4cc(-n5c6ccccc6n6c7ccccc7nc56)ccc43)ccc21.